The Labute approximate surface area is 139 Å². The van der Waals surface area contributed by atoms with Crippen LogP contribution in [0.15, 0.2) is 35.7 Å². The van der Waals surface area contributed by atoms with E-state index in [-0.39, 0.29) is 6.54 Å². The van der Waals surface area contributed by atoms with E-state index < -0.39 is 16.1 Å². The van der Waals surface area contributed by atoms with Crippen LogP contribution >= 0.6 is 0 Å². The predicted octanol–water partition coefficient (Wildman–Crippen LogP) is 1.67. The number of benzene rings is 1. The van der Waals surface area contributed by atoms with Crippen molar-refractivity contribution in [2.24, 2.45) is 5.92 Å². The molecule has 128 valence electrons. The van der Waals surface area contributed by atoms with Crippen LogP contribution in [0, 0.1) is 5.92 Å². The van der Waals surface area contributed by atoms with E-state index in [9.17, 15) is 13.5 Å². The van der Waals surface area contributed by atoms with E-state index in [0.717, 1.165) is 42.8 Å². The van der Waals surface area contributed by atoms with Gasteiger partial charge in [0, 0.05) is 18.5 Å². The van der Waals surface area contributed by atoms with Gasteiger partial charge in [0.25, 0.3) is 0 Å². The summed E-state index contributed by atoms with van der Waals surface area (Å²) in [6.45, 7) is 4.73. The number of sulfonamides is 1. The van der Waals surface area contributed by atoms with Crippen LogP contribution in [0.5, 0.6) is 0 Å². The van der Waals surface area contributed by atoms with Crippen LogP contribution in [-0.4, -0.2) is 50.7 Å². The summed E-state index contributed by atoms with van der Waals surface area (Å²) in [4.78, 5) is 2.19. The summed E-state index contributed by atoms with van der Waals surface area (Å²) in [5.74, 6) is 0.741. The lowest BCUT2D eigenvalue weighted by Crippen LogP contribution is -2.42. The maximum absolute atomic E-state index is 11.9. The van der Waals surface area contributed by atoms with E-state index in [0.29, 0.717) is 6.54 Å². The van der Waals surface area contributed by atoms with Gasteiger partial charge in [-0.2, -0.15) is 0 Å². The molecule has 0 spiro atoms. The van der Waals surface area contributed by atoms with E-state index in [2.05, 4.69) is 16.5 Å². The Hall–Kier alpha value is -1.21. The average molecular weight is 338 g/mol. The van der Waals surface area contributed by atoms with Crippen LogP contribution in [0.2, 0.25) is 0 Å². The van der Waals surface area contributed by atoms with Gasteiger partial charge in [-0.3, -0.25) is 0 Å². The van der Waals surface area contributed by atoms with Crippen molar-refractivity contribution in [3.05, 3.63) is 41.3 Å². The molecule has 0 radical (unpaired) electrons. The van der Waals surface area contributed by atoms with E-state index in [1.165, 1.54) is 0 Å². The highest BCUT2D eigenvalue weighted by Crippen LogP contribution is 2.15. The number of hydrogen-bond donors (Lipinski definition) is 2. The topological polar surface area (TPSA) is 69.6 Å². The molecule has 1 aliphatic heterocycles. The number of aliphatic hydroxyl groups excluding tert-OH is 1. The second-order valence-corrected chi connectivity index (χ2v) is 7.89. The number of hydrogen-bond acceptors (Lipinski definition) is 4. The molecule has 6 heteroatoms. The van der Waals surface area contributed by atoms with Crippen molar-refractivity contribution in [3.63, 3.8) is 0 Å². The van der Waals surface area contributed by atoms with Gasteiger partial charge in [0.1, 0.15) is 0 Å². The van der Waals surface area contributed by atoms with Crippen molar-refractivity contribution in [1.29, 1.82) is 0 Å². The van der Waals surface area contributed by atoms with Gasteiger partial charge in [-0.05, 0) is 43.5 Å². The zero-order valence-corrected chi connectivity index (χ0v) is 14.4. The molecule has 1 atom stereocenters. The monoisotopic (exact) mass is 338 g/mol. The molecule has 1 aromatic carbocycles. The Morgan fingerprint density at radius 1 is 1.30 bits per heavy atom. The molecule has 23 heavy (non-hydrogen) atoms. The molecule has 1 aromatic rings. The molecule has 5 nitrogen and oxygen atoms in total. The largest absolute Gasteiger partial charge is 0.390 e. The van der Waals surface area contributed by atoms with Crippen molar-refractivity contribution in [1.82, 2.24) is 9.62 Å². The molecule has 1 heterocycles. The van der Waals surface area contributed by atoms with Crippen molar-refractivity contribution in [2.75, 3.05) is 26.2 Å². The van der Waals surface area contributed by atoms with Gasteiger partial charge in [-0.25, -0.2) is 13.1 Å². The maximum atomic E-state index is 11.9. The molecule has 0 saturated carbocycles. The van der Waals surface area contributed by atoms with Gasteiger partial charge >= 0.3 is 0 Å². The zero-order chi connectivity index (χ0) is 16.7. The Balaban J connectivity index is 1.76. The standard InChI is InChI=1S/C17H26N2O3S/c1-15-7-10-19(11-8-15)14-17(20)13-18-23(21,22)12-9-16-5-3-2-4-6-16/h2-6,9,12,15,17-18,20H,7-8,10-11,13-14H2,1H3/b12-9+. The number of β-amino-alcohol motifs (C(OH)–C–C–N with tert-alkyl or cyclic N) is 1. The van der Waals surface area contributed by atoms with E-state index in [1.54, 1.807) is 6.08 Å². The lowest BCUT2D eigenvalue weighted by molar-refractivity contribution is 0.0943. The molecule has 1 saturated heterocycles. The number of piperidine rings is 1. The molecule has 0 bridgehead atoms. The van der Waals surface area contributed by atoms with E-state index in [4.69, 9.17) is 0 Å². The van der Waals surface area contributed by atoms with Crippen LogP contribution < -0.4 is 4.72 Å². The van der Waals surface area contributed by atoms with Crippen LogP contribution in [0.3, 0.4) is 0 Å². The van der Waals surface area contributed by atoms with Crippen molar-refractivity contribution >= 4 is 16.1 Å². The molecule has 2 rings (SSSR count). The fourth-order valence-corrected chi connectivity index (χ4v) is 3.46. The average Bonchev–Trinajstić information content (AvgIpc) is 2.55. The summed E-state index contributed by atoms with van der Waals surface area (Å²) < 4.78 is 26.3. The Morgan fingerprint density at radius 3 is 2.61 bits per heavy atom. The van der Waals surface area contributed by atoms with Crippen LogP contribution in [0.25, 0.3) is 6.08 Å². The Kier molecular flexibility index (Phi) is 6.77. The lowest BCUT2D eigenvalue weighted by Gasteiger charge is -2.31. The molecular weight excluding hydrogens is 312 g/mol. The predicted molar refractivity (Wildman–Crippen MR) is 93.2 cm³/mol. The summed E-state index contributed by atoms with van der Waals surface area (Å²) in [5, 5.41) is 11.2. The summed E-state index contributed by atoms with van der Waals surface area (Å²) in [7, 11) is -3.53. The number of likely N-dealkylation sites (tertiary alicyclic amines) is 1. The van der Waals surface area contributed by atoms with Crippen molar-refractivity contribution in [3.8, 4) is 0 Å². The highest BCUT2D eigenvalue weighted by Gasteiger charge is 2.19. The third-order valence-corrected chi connectivity index (χ3v) is 5.17. The third kappa shape index (κ3) is 6.83. The Bertz CT molecular complexity index is 594. The molecule has 0 amide bonds. The minimum Gasteiger partial charge on any atom is -0.390 e. The summed E-state index contributed by atoms with van der Waals surface area (Å²) in [5.41, 5.74) is 0.820. The molecule has 1 unspecified atom stereocenters. The summed E-state index contributed by atoms with van der Waals surface area (Å²) in [6.07, 6.45) is 3.13. The smallest absolute Gasteiger partial charge is 0.233 e. The fraction of sp³-hybridized carbons (Fsp3) is 0.529. The molecule has 0 aliphatic carbocycles. The van der Waals surface area contributed by atoms with Gasteiger partial charge in [0.15, 0.2) is 0 Å². The van der Waals surface area contributed by atoms with E-state index in [1.807, 2.05) is 30.3 Å². The quantitative estimate of drug-likeness (QED) is 0.793. The summed E-state index contributed by atoms with van der Waals surface area (Å²) in [6, 6.07) is 9.24. The minimum atomic E-state index is -3.53. The van der Waals surface area contributed by atoms with Gasteiger partial charge in [0.2, 0.25) is 10.0 Å². The molecule has 0 aromatic heterocycles. The van der Waals surface area contributed by atoms with Gasteiger partial charge in [-0.15, -0.1) is 0 Å². The summed E-state index contributed by atoms with van der Waals surface area (Å²) >= 11 is 0. The second-order valence-electron chi connectivity index (χ2n) is 6.24. The van der Waals surface area contributed by atoms with Crippen LogP contribution in [0.1, 0.15) is 25.3 Å². The fourth-order valence-electron chi connectivity index (χ4n) is 2.60. The first-order chi connectivity index (χ1) is 10.9. The zero-order valence-electron chi connectivity index (χ0n) is 13.6. The Morgan fingerprint density at radius 2 is 1.96 bits per heavy atom. The van der Waals surface area contributed by atoms with Crippen molar-refractivity contribution in [2.45, 2.75) is 25.9 Å². The first-order valence-electron chi connectivity index (χ1n) is 8.08. The number of aliphatic hydroxyl groups is 1. The molecule has 1 fully saturated rings. The SMILES string of the molecule is CC1CCN(CC(O)CNS(=O)(=O)/C=C/c2ccccc2)CC1. The lowest BCUT2D eigenvalue weighted by atomic mass is 9.99. The molecule has 2 N–H and O–H groups in total. The first kappa shape index (κ1) is 18.1. The first-order valence-corrected chi connectivity index (χ1v) is 9.62. The van der Waals surface area contributed by atoms with Gasteiger partial charge in [0.05, 0.1) is 6.10 Å². The number of nitrogens with zero attached hydrogens (tertiary/aromatic N) is 1. The van der Waals surface area contributed by atoms with Crippen LogP contribution in [0.4, 0.5) is 0 Å². The van der Waals surface area contributed by atoms with Crippen LogP contribution in [-0.2, 0) is 10.0 Å². The van der Waals surface area contributed by atoms with Gasteiger partial charge < -0.3 is 10.0 Å². The second kappa shape index (κ2) is 8.59. The highest BCUT2D eigenvalue weighted by atomic mass is 32.2. The number of rotatable bonds is 7. The number of nitrogens with one attached hydrogen (secondary N) is 1. The normalized spacial score (nSPS) is 19.2. The maximum Gasteiger partial charge on any atom is 0.233 e. The van der Waals surface area contributed by atoms with Crippen molar-refractivity contribution < 1.29 is 13.5 Å². The molecular formula is C17H26N2O3S. The highest BCUT2D eigenvalue weighted by molar-refractivity contribution is 7.92. The minimum absolute atomic E-state index is 0.0352. The molecule has 1 aliphatic rings. The third-order valence-electron chi connectivity index (χ3n) is 4.10. The van der Waals surface area contributed by atoms with E-state index >= 15 is 0 Å². The van der Waals surface area contributed by atoms with Gasteiger partial charge in [-0.1, -0.05) is 37.3 Å².